The number of amides is 1. The predicted molar refractivity (Wildman–Crippen MR) is 104 cm³/mol. The van der Waals surface area contributed by atoms with E-state index < -0.39 is 0 Å². The van der Waals surface area contributed by atoms with Gasteiger partial charge in [-0.3, -0.25) is 9.48 Å². The number of fused-ring (bicyclic) bond motifs is 1. The van der Waals surface area contributed by atoms with Gasteiger partial charge in [0.2, 0.25) is 0 Å². The average molecular weight is 350 g/mol. The van der Waals surface area contributed by atoms with Gasteiger partial charge in [-0.05, 0) is 36.5 Å². The third-order valence-corrected chi connectivity index (χ3v) is 4.80. The summed E-state index contributed by atoms with van der Waals surface area (Å²) in [5, 5.41) is 8.19. The van der Waals surface area contributed by atoms with Gasteiger partial charge in [0.25, 0.3) is 5.91 Å². The number of nitrogens with zero attached hydrogens (tertiary/aromatic N) is 3. The number of benzene rings is 1. The van der Waals surface area contributed by atoms with Crippen LogP contribution in [0.25, 0.3) is 11.0 Å². The second kappa shape index (κ2) is 7.28. The maximum atomic E-state index is 13.0. The molecule has 0 aliphatic carbocycles. The van der Waals surface area contributed by atoms with Gasteiger partial charge in [-0.2, -0.15) is 5.10 Å². The summed E-state index contributed by atoms with van der Waals surface area (Å²) < 4.78 is 1.70. The van der Waals surface area contributed by atoms with Gasteiger partial charge in [0.05, 0.1) is 23.2 Å². The summed E-state index contributed by atoms with van der Waals surface area (Å²) in [6.45, 7) is 8.34. The lowest BCUT2D eigenvalue weighted by molar-refractivity contribution is 0.0937. The Morgan fingerprint density at radius 3 is 2.46 bits per heavy atom. The topological polar surface area (TPSA) is 59.8 Å². The number of rotatable bonds is 5. The molecule has 2 heterocycles. The lowest BCUT2D eigenvalue weighted by Crippen LogP contribution is -2.28. The van der Waals surface area contributed by atoms with Crippen LogP contribution in [-0.4, -0.2) is 20.7 Å². The van der Waals surface area contributed by atoms with Gasteiger partial charge in [-0.25, -0.2) is 4.98 Å². The molecule has 1 amide bonds. The number of hydrogen-bond acceptors (Lipinski definition) is 3. The normalized spacial score (nSPS) is 12.5. The molecule has 0 unspecified atom stereocenters. The van der Waals surface area contributed by atoms with E-state index in [1.807, 2.05) is 20.0 Å². The fourth-order valence-corrected chi connectivity index (χ4v) is 3.20. The molecule has 1 N–H and O–H groups in total. The van der Waals surface area contributed by atoms with Crippen LogP contribution in [-0.2, 0) is 7.05 Å². The van der Waals surface area contributed by atoms with E-state index in [0.717, 1.165) is 28.7 Å². The van der Waals surface area contributed by atoms with Crippen molar-refractivity contribution in [3.05, 3.63) is 58.9 Å². The highest BCUT2D eigenvalue weighted by Gasteiger charge is 2.18. The Bertz CT molecular complexity index is 925. The van der Waals surface area contributed by atoms with Crippen molar-refractivity contribution in [3.8, 4) is 0 Å². The average Bonchev–Trinajstić information content (AvgIpc) is 2.99. The Kier molecular flexibility index (Phi) is 5.07. The molecule has 0 saturated carbocycles. The molecular weight excluding hydrogens is 324 g/mol. The Morgan fingerprint density at radius 2 is 1.85 bits per heavy atom. The second-order valence-electron chi connectivity index (χ2n) is 7.07. The van der Waals surface area contributed by atoms with Gasteiger partial charge in [-0.15, -0.1) is 0 Å². The molecule has 3 aromatic rings. The summed E-state index contributed by atoms with van der Waals surface area (Å²) in [6, 6.07) is 10.3. The molecule has 0 bridgehead atoms. The van der Waals surface area contributed by atoms with Crippen molar-refractivity contribution < 1.29 is 4.79 Å². The monoisotopic (exact) mass is 350 g/mol. The fraction of sp³-hybridized carbons (Fsp3) is 0.381. The van der Waals surface area contributed by atoms with Crippen LogP contribution in [0.15, 0.2) is 36.5 Å². The second-order valence-corrected chi connectivity index (χ2v) is 7.07. The third-order valence-electron chi connectivity index (χ3n) is 4.80. The summed E-state index contributed by atoms with van der Waals surface area (Å²) in [6.07, 6.45) is 2.53. The number of nitrogens with one attached hydrogen (secondary N) is 1. The quantitative estimate of drug-likeness (QED) is 0.747. The molecule has 0 fully saturated rings. The molecule has 0 radical (unpaired) electrons. The number of pyridine rings is 1. The zero-order valence-electron chi connectivity index (χ0n) is 16.1. The summed E-state index contributed by atoms with van der Waals surface area (Å²) in [5.74, 6) is 0.408. The lowest BCUT2D eigenvalue weighted by atomic mass is 9.98. The molecule has 5 nitrogen and oxygen atoms in total. The molecule has 0 aliphatic rings. The molecule has 3 rings (SSSR count). The maximum Gasteiger partial charge on any atom is 0.252 e. The highest BCUT2D eigenvalue weighted by molar-refractivity contribution is 6.05. The van der Waals surface area contributed by atoms with E-state index in [1.165, 1.54) is 5.56 Å². The van der Waals surface area contributed by atoms with Crippen LogP contribution in [0.2, 0.25) is 0 Å². The molecule has 5 heteroatoms. The SMILES string of the molecule is CC[C@@H](NC(=O)c1cc(C)nc2c1cnn2C)c1ccc(C(C)C)cc1. The standard InChI is InChI=1S/C21H26N4O/c1-6-19(16-9-7-15(8-10-16)13(2)3)24-21(26)17-11-14(4)23-20-18(17)12-22-25(20)5/h7-13,19H,6H2,1-5H3,(H,24,26)/t19-/m1/s1. The molecule has 136 valence electrons. The van der Waals surface area contributed by atoms with Crippen LogP contribution in [0.4, 0.5) is 0 Å². The van der Waals surface area contributed by atoms with Gasteiger partial charge in [0.15, 0.2) is 5.65 Å². The van der Waals surface area contributed by atoms with Crippen LogP contribution in [0, 0.1) is 6.92 Å². The smallest absolute Gasteiger partial charge is 0.252 e. The minimum absolute atomic E-state index is 0.0242. The first-order valence-electron chi connectivity index (χ1n) is 9.10. The predicted octanol–water partition coefficient (Wildman–Crippen LogP) is 4.28. The first kappa shape index (κ1) is 18.1. The van der Waals surface area contributed by atoms with E-state index in [1.54, 1.807) is 10.9 Å². The van der Waals surface area contributed by atoms with Crippen LogP contribution < -0.4 is 5.32 Å². The zero-order chi connectivity index (χ0) is 18.8. The van der Waals surface area contributed by atoms with Crippen LogP contribution in [0.3, 0.4) is 0 Å². The van der Waals surface area contributed by atoms with Crippen LogP contribution in [0.5, 0.6) is 0 Å². The van der Waals surface area contributed by atoms with E-state index >= 15 is 0 Å². The molecule has 1 aromatic carbocycles. The highest BCUT2D eigenvalue weighted by Crippen LogP contribution is 2.23. The number of carbonyl (C=O) groups excluding carboxylic acids is 1. The number of aryl methyl sites for hydroxylation is 2. The van der Waals surface area contributed by atoms with E-state index in [4.69, 9.17) is 0 Å². The van der Waals surface area contributed by atoms with Gasteiger partial charge in [-0.1, -0.05) is 45.0 Å². The van der Waals surface area contributed by atoms with E-state index in [-0.39, 0.29) is 11.9 Å². The molecule has 1 atom stereocenters. The van der Waals surface area contributed by atoms with E-state index in [9.17, 15) is 4.79 Å². The van der Waals surface area contributed by atoms with Crippen LogP contribution >= 0.6 is 0 Å². The fourth-order valence-electron chi connectivity index (χ4n) is 3.20. The summed E-state index contributed by atoms with van der Waals surface area (Å²) in [4.78, 5) is 17.4. The minimum atomic E-state index is -0.0895. The summed E-state index contributed by atoms with van der Waals surface area (Å²) >= 11 is 0. The number of aromatic nitrogens is 3. The van der Waals surface area contributed by atoms with Gasteiger partial charge in [0.1, 0.15) is 0 Å². The molecule has 0 saturated heterocycles. The van der Waals surface area contributed by atoms with E-state index in [2.05, 4.69) is 60.4 Å². The molecule has 26 heavy (non-hydrogen) atoms. The molecular formula is C21H26N4O. The van der Waals surface area contributed by atoms with Crippen molar-refractivity contribution in [1.29, 1.82) is 0 Å². The van der Waals surface area contributed by atoms with E-state index in [0.29, 0.717) is 11.5 Å². The molecule has 0 spiro atoms. The minimum Gasteiger partial charge on any atom is -0.345 e. The molecule has 2 aromatic heterocycles. The van der Waals surface area contributed by atoms with Gasteiger partial charge >= 0.3 is 0 Å². The highest BCUT2D eigenvalue weighted by atomic mass is 16.1. The Hall–Kier alpha value is -2.69. The van der Waals surface area contributed by atoms with Crippen molar-refractivity contribution in [2.24, 2.45) is 7.05 Å². The van der Waals surface area contributed by atoms with Crippen molar-refractivity contribution in [2.75, 3.05) is 0 Å². The lowest BCUT2D eigenvalue weighted by Gasteiger charge is -2.19. The first-order chi connectivity index (χ1) is 12.4. The maximum absolute atomic E-state index is 13.0. The van der Waals surface area contributed by atoms with Crippen molar-refractivity contribution in [2.45, 2.75) is 46.1 Å². The Morgan fingerprint density at radius 1 is 1.19 bits per heavy atom. The van der Waals surface area contributed by atoms with Crippen LogP contribution in [0.1, 0.15) is 66.3 Å². The van der Waals surface area contributed by atoms with Crippen molar-refractivity contribution in [3.63, 3.8) is 0 Å². The number of hydrogen-bond donors (Lipinski definition) is 1. The van der Waals surface area contributed by atoms with Crippen molar-refractivity contribution in [1.82, 2.24) is 20.1 Å². The van der Waals surface area contributed by atoms with Gasteiger partial charge in [0, 0.05) is 12.7 Å². The molecule has 0 aliphatic heterocycles. The zero-order valence-corrected chi connectivity index (χ0v) is 16.1. The largest absolute Gasteiger partial charge is 0.345 e. The van der Waals surface area contributed by atoms with Gasteiger partial charge < -0.3 is 5.32 Å². The summed E-state index contributed by atoms with van der Waals surface area (Å²) in [5.41, 5.74) is 4.58. The Labute approximate surface area is 154 Å². The third kappa shape index (κ3) is 3.47. The summed E-state index contributed by atoms with van der Waals surface area (Å²) in [7, 11) is 1.83. The number of carbonyl (C=O) groups is 1. The Balaban J connectivity index is 1.88. The first-order valence-corrected chi connectivity index (χ1v) is 9.10. The van der Waals surface area contributed by atoms with Crippen molar-refractivity contribution >= 4 is 16.9 Å².